The summed E-state index contributed by atoms with van der Waals surface area (Å²) in [5.74, 6) is 0.0157. The molecule has 38 heavy (non-hydrogen) atoms. The monoisotopic (exact) mass is 578 g/mol. The number of nitrogens with zero attached hydrogens (tertiary/aromatic N) is 5. The Morgan fingerprint density at radius 3 is 2.53 bits per heavy atom. The van der Waals surface area contributed by atoms with Gasteiger partial charge in [0.25, 0.3) is 5.91 Å². The number of rotatable bonds is 6. The van der Waals surface area contributed by atoms with Crippen LogP contribution in [0.3, 0.4) is 0 Å². The third kappa shape index (κ3) is 5.41. The van der Waals surface area contributed by atoms with E-state index >= 15 is 0 Å². The fourth-order valence-electron chi connectivity index (χ4n) is 4.60. The summed E-state index contributed by atoms with van der Waals surface area (Å²) >= 11 is 7.25. The predicted molar refractivity (Wildman–Crippen MR) is 145 cm³/mol. The van der Waals surface area contributed by atoms with Crippen LogP contribution in [0.1, 0.15) is 30.6 Å². The third-order valence-electron chi connectivity index (χ3n) is 6.40. The Morgan fingerprint density at radius 2 is 1.89 bits per heavy atom. The molecule has 0 bridgehead atoms. The molecule has 3 atom stereocenters. The van der Waals surface area contributed by atoms with Crippen LogP contribution >= 0.6 is 22.9 Å². The van der Waals surface area contributed by atoms with Crippen molar-refractivity contribution >= 4 is 55.7 Å². The Morgan fingerprint density at radius 1 is 1.16 bits per heavy atom. The smallest absolute Gasteiger partial charge is 0.256 e. The van der Waals surface area contributed by atoms with E-state index in [-0.39, 0.29) is 28.8 Å². The number of thiazole rings is 1. The van der Waals surface area contributed by atoms with Crippen LogP contribution in [0.4, 0.5) is 10.9 Å². The van der Waals surface area contributed by atoms with Gasteiger partial charge in [0, 0.05) is 31.2 Å². The van der Waals surface area contributed by atoms with E-state index < -0.39 is 22.0 Å². The zero-order valence-electron chi connectivity index (χ0n) is 21.0. The Bertz CT molecular complexity index is 1480. The molecule has 14 heteroatoms. The Balaban J connectivity index is 1.25. The van der Waals surface area contributed by atoms with Crippen molar-refractivity contribution in [2.45, 2.75) is 38.5 Å². The van der Waals surface area contributed by atoms with Gasteiger partial charge in [-0.2, -0.15) is 0 Å². The SMILES string of the molecule is C[C@@H]1CN(c2cccc(-c3csc(NC(=O)C4CCN4C(=O)c4cc(Cl)n(S(C)(=O)=O)c4)n3)n2)C[C@H](C)O1. The number of anilines is 2. The standard InChI is InChI=1S/C24H27ClN6O5S2/c1-14-10-29(11-15(2)36-14)21-6-4-5-17(26-21)18-13-37-24(27-18)28-22(32)19-7-8-30(19)23(33)16-9-20(25)31(12-16)38(3,34)35/h4-6,9,12-15,19H,7-8,10-11H2,1-3H3,(H,27,28,32)/t14-,15+,19?. The van der Waals surface area contributed by atoms with Gasteiger partial charge in [0.2, 0.25) is 15.9 Å². The van der Waals surface area contributed by atoms with E-state index in [1.807, 2.05) is 37.4 Å². The maximum Gasteiger partial charge on any atom is 0.256 e. The molecule has 1 N–H and O–H groups in total. The summed E-state index contributed by atoms with van der Waals surface area (Å²) in [4.78, 5) is 38.8. The van der Waals surface area contributed by atoms with Crippen LogP contribution in [0.15, 0.2) is 35.8 Å². The molecule has 0 aliphatic carbocycles. The number of carbonyl (C=O) groups excluding carboxylic acids is 2. The largest absolute Gasteiger partial charge is 0.372 e. The van der Waals surface area contributed by atoms with Gasteiger partial charge in [-0.3, -0.25) is 9.59 Å². The molecule has 2 amide bonds. The van der Waals surface area contributed by atoms with Crippen LogP contribution in [0.5, 0.6) is 0 Å². The number of nitrogens with one attached hydrogen (secondary N) is 1. The number of carbonyl (C=O) groups is 2. The molecule has 5 heterocycles. The van der Waals surface area contributed by atoms with Crippen molar-refractivity contribution in [2.24, 2.45) is 0 Å². The van der Waals surface area contributed by atoms with Gasteiger partial charge in [-0.05, 0) is 38.5 Å². The van der Waals surface area contributed by atoms with Gasteiger partial charge < -0.3 is 19.9 Å². The lowest BCUT2D eigenvalue weighted by atomic mass is 10.0. The van der Waals surface area contributed by atoms with Crippen molar-refractivity contribution in [1.82, 2.24) is 18.8 Å². The highest BCUT2D eigenvalue weighted by atomic mass is 35.5. The molecular weight excluding hydrogens is 552 g/mol. The molecule has 3 aromatic rings. The highest BCUT2D eigenvalue weighted by Crippen LogP contribution is 2.29. The minimum Gasteiger partial charge on any atom is -0.372 e. The number of ether oxygens (including phenoxy) is 1. The van der Waals surface area contributed by atoms with Gasteiger partial charge in [-0.15, -0.1) is 11.3 Å². The van der Waals surface area contributed by atoms with Gasteiger partial charge >= 0.3 is 0 Å². The van der Waals surface area contributed by atoms with E-state index in [9.17, 15) is 18.0 Å². The first-order valence-corrected chi connectivity index (χ1v) is 15.1. The molecule has 2 aliphatic heterocycles. The number of amides is 2. The fraction of sp³-hybridized carbons (Fsp3) is 0.417. The van der Waals surface area contributed by atoms with Crippen molar-refractivity contribution in [3.05, 3.63) is 46.6 Å². The number of likely N-dealkylation sites (tertiary alicyclic amines) is 1. The molecule has 1 unspecified atom stereocenters. The Hall–Kier alpha value is -3.00. The normalized spacial score (nSPS) is 21.7. The number of hydrogen-bond acceptors (Lipinski definition) is 9. The highest BCUT2D eigenvalue weighted by molar-refractivity contribution is 7.89. The molecule has 2 fully saturated rings. The Labute approximate surface area is 229 Å². The third-order valence-corrected chi connectivity index (χ3v) is 8.57. The summed E-state index contributed by atoms with van der Waals surface area (Å²) in [7, 11) is -3.65. The second-order valence-electron chi connectivity index (χ2n) is 9.48. The summed E-state index contributed by atoms with van der Waals surface area (Å²) in [6.07, 6.45) is 2.86. The average Bonchev–Trinajstić information content (AvgIpc) is 3.44. The zero-order valence-corrected chi connectivity index (χ0v) is 23.4. The number of hydrogen-bond donors (Lipinski definition) is 1. The predicted octanol–water partition coefficient (Wildman–Crippen LogP) is 2.93. The van der Waals surface area contributed by atoms with E-state index in [2.05, 4.69) is 15.2 Å². The minimum atomic E-state index is -3.65. The topological polar surface area (TPSA) is 127 Å². The summed E-state index contributed by atoms with van der Waals surface area (Å²) in [5.41, 5.74) is 1.43. The molecule has 202 valence electrons. The number of pyridine rings is 1. The molecule has 2 aliphatic rings. The van der Waals surface area contributed by atoms with Gasteiger partial charge in [-0.25, -0.2) is 22.4 Å². The first kappa shape index (κ1) is 26.6. The summed E-state index contributed by atoms with van der Waals surface area (Å²) in [6.45, 7) is 5.96. The molecule has 11 nitrogen and oxygen atoms in total. The summed E-state index contributed by atoms with van der Waals surface area (Å²) in [5, 5.41) is 4.92. The van der Waals surface area contributed by atoms with E-state index in [0.29, 0.717) is 29.5 Å². The van der Waals surface area contributed by atoms with E-state index in [4.69, 9.17) is 21.3 Å². The lowest BCUT2D eigenvalue weighted by Gasteiger charge is -2.39. The maximum absolute atomic E-state index is 12.9. The molecule has 0 spiro atoms. The quantitative estimate of drug-likeness (QED) is 0.473. The van der Waals surface area contributed by atoms with Crippen LogP contribution < -0.4 is 10.2 Å². The van der Waals surface area contributed by atoms with Crippen molar-refractivity contribution in [2.75, 3.05) is 36.1 Å². The molecule has 5 rings (SSSR count). The van der Waals surface area contributed by atoms with Crippen molar-refractivity contribution in [1.29, 1.82) is 0 Å². The zero-order chi connectivity index (χ0) is 27.2. The van der Waals surface area contributed by atoms with Crippen molar-refractivity contribution in [3.63, 3.8) is 0 Å². The van der Waals surface area contributed by atoms with Crippen molar-refractivity contribution in [3.8, 4) is 11.4 Å². The van der Waals surface area contributed by atoms with Gasteiger partial charge in [0.1, 0.15) is 22.7 Å². The van der Waals surface area contributed by atoms with Crippen LogP contribution in [0.25, 0.3) is 11.4 Å². The van der Waals surface area contributed by atoms with Crippen molar-refractivity contribution < 1.29 is 22.7 Å². The van der Waals surface area contributed by atoms with Crippen LogP contribution in [-0.4, -0.2) is 83.2 Å². The second kappa shape index (κ2) is 10.3. The summed E-state index contributed by atoms with van der Waals surface area (Å²) in [6, 6.07) is 6.36. The first-order chi connectivity index (χ1) is 18.0. The van der Waals surface area contributed by atoms with E-state index in [0.717, 1.165) is 29.1 Å². The minimum absolute atomic E-state index is 0.0944. The molecule has 3 aromatic heterocycles. The number of morpholine rings is 1. The van der Waals surface area contributed by atoms with Crippen LogP contribution in [-0.2, 0) is 19.6 Å². The fourth-order valence-corrected chi connectivity index (χ4v) is 6.53. The summed E-state index contributed by atoms with van der Waals surface area (Å²) < 4.78 is 30.3. The molecule has 0 saturated carbocycles. The molecule has 0 radical (unpaired) electrons. The van der Waals surface area contributed by atoms with Gasteiger partial charge in [-0.1, -0.05) is 17.7 Å². The molecule has 2 saturated heterocycles. The van der Waals surface area contributed by atoms with Crippen LogP contribution in [0.2, 0.25) is 5.15 Å². The first-order valence-electron chi connectivity index (χ1n) is 12.0. The van der Waals surface area contributed by atoms with E-state index in [1.54, 1.807) is 0 Å². The van der Waals surface area contributed by atoms with Crippen LogP contribution in [0, 0.1) is 0 Å². The van der Waals surface area contributed by atoms with Gasteiger partial charge in [0.05, 0.1) is 29.7 Å². The number of aromatic nitrogens is 3. The average molecular weight is 579 g/mol. The maximum atomic E-state index is 12.9. The lowest BCUT2D eigenvalue weighted by Crippen LogP contribution is -2.56. The molecule has 0 aromatic carbocycles. The number of halogens is 1. The van der Waals surface area contributed by atoms with E-state index in [1.165, 1.54) is 28.5 Å². The highest BCUT2D eigenvalue weighted by Gasteiger charge is 2.39. The lowest BCUT2D eigenvalue weighted by molar-refractivity contribution is -0.123. The second-order valence-corrected chi connectivity index (χ2v) is 12.6. The molecular formula is C24H27ClN6O5S2. The Kier molecular flexibility index (Phi) is 7.20. The van der Waals surface area contributed by atoms with Gasteiger partial charge in [0.15, 0.2) is 5.13 Å².